The summed E-state index contributed by atoms with van der Waals surface area (Å²) in [5, 5.41) is 0. The summed E-state index contributed by atoms with van der Waals surface area (Å²) in [5.41, 5.74) is 0. The molecule has 0 fully saturated rings. The minimum Gasteiger partial charge on any atom is -0.300 e. The molecule has 1 nitrogen and oxygen atoms in total. The Balaban J connectivity index is 3.87. The Hall–Kier alpha value is -0.113. The maximum atomic E-state index is 11.7. The van der Waals surface area contributed by atoms with Crippen molar-refractivity contribution in [2.75, 3.05) is 0 Å². The molecule has 0 aliphatic carbocycles. The molecule has 0 unspecified atom stereocenters. The van der Waals surface area contributed by atoms with Gasteiger partial charge in [-0.3, -0.25) is 4.79 Å². The molecule has 0 bridgehead atoms. The lowest BCUT2D eigenvalue weighted by Gasteiger charge is -2.27. The van der Waals surface area contributed by atoms with Crippen LogP contribution in [0.15, 0.2) is 0 Å². The quantitative estimate of drug-likeness (QED) is 0.388. The number of unbranched alkanes of at least 4 members (excludes halogenated alkanes) is 2. The highest BCUT2D eigenvalue weighted by Crippen LogP contribution is 2.26. The Morgan fingerprint density at radius 1 is 0.875 bits per heavy atom. The van der Waals surface area contributed by atoms with E-state index in [9.17, 15) is 4.79 Å². The third-order valence-electron chi connectivity index (χ3n) is 4.24. The topological polar surface area (TPSA) is 17.1 Å². The van der Waals surface area contributed by atoms with Gasteiger partial charge in [0.15, 0.2) is 0 Å². The van der Waals surface area contributed by atoms with Gasteiger partial charge >= 0.3 is 0 Å². The molecule has 0 N–H and O–H groups in total. The van der Waals surface area contributed by atoms with Gasteiger partial charge in [0.1, 0.15) is 5.78 Å². The lowest BCUT2D eigenvalue weighted by molar-refractivity contribution is -0.118. The first-order valence-electron chi connectivity index (χ1n) is 7.15. The summed E-state index contributed by atoms with van der Waals surface area (Å²) in [4.78, 5) is 11.7. The Morgan fingerprint density at radius 2 is 1.44 bits per heavy atom. The predicted octanol–water partition coefficient (Wildman–Crippen LogP) is 5.03. The Labute approximate surface area is 103 Å². The maximum absolute atomic E-state index is 11.7. The summed E-state index contributed by atoms with van der Waals surface area (Å²) in [6.45, 7) is 9.15. The van der Waals surface area contributed by atoms with E-state index in [1.165, 1.54) is 37.0 Å². The fraction of sp³-hybridized carbons (Fsp3) is 0.929. The highest BCUT2D eigenvalue weighted by atomic mass is 28.3. The van der Waals surface area contributed by atoms with Gasteiger partial charge in [0.05, 0.1) is 8.07 Å². The summed E-state index contributed by atoms with van der Waals surface area (Å²) in [6, 6.07) is 5.29. The Bertz CT molecular complexity index is 177. The molecule has 96 valence electrons. The van der Waals surface area contributed by atoms with Crippen LogP contribution in [0.5, 0.6) is 0 Å². The fourth-order valence-electron chi connectivity index (χ4n) is 2.38. The molecule has 0 aliphatic heterocycles. The number of Topliss-reactive ketones (excluding diaryl/α,β-unsaturated/α-hetero) is 1. The highest BCUT2D eigenvalue weighted by Gasteiger charge is 2.26. The molecule has 0 spiro atoms. The standard InChI is InChI=1S/C14H30OSi/c1-5-9-10-11-14(15)12-13-16(6-2,7-3)8-4/h5-13H2,1-4H3. The van der Waals surface area contributed by atoms with E-state index in [-0.39, 0.29) is 0 Å². The van der Waals surface area contributed by atoms with Crippen LogP contribution in [0.25, 0.3) is 0 Å². The second kappa shape index (κ2) is 8.97. The van der Waals surface area contributed by atoms with E-state index in [2.05, 4.69) is 27.7 Å². The first-order chi connectivity index (χ1) is 7.64. The largest absolute Gasteiger partial charge is 0.300 e. The van der Waals surface area contributed by atoms with E-state index in [4.69, 9.17) is 0 Å². The minimum atomic E-state index is -1.05. The van der Waals surface area contributed by atoms with Crippen molar-refractivity contribution in [3.63, 3.8) is 0 Å². The van der Waals surface area contributed by atoms with Gasteiger partial charge in [0, 0.05) is 12.8 Å². The lowest BCUT2D eigenvalue weighted by Crippen LogP contribution is -2.31. The average molecular weight is 242 g/mol. The summed E-state index contributed by atoms with van der Waals surface area (Å²) >= 11 is 0. The van der Waals surface area contributed by atoms with Crippen molar-refractivity contribution < 1.29 is 4.79 Å². The van der Waals surface area contributed by atoms with Gasteiger partial charge in [0.2, 0.25) is 0 Å². The van der Waals surface area contributed by atoms with Gasteiger partial charge in [0.25, 0.3) is 0 Å². The van der Waals surface area contributed by atoms with Gasteiger partial charge in [-0.15, -0.1) is 0 Å². The molecule has 0 saturated carbocycles. The third-order valence-corrected chi connectivity index (χ3v) is 10.1. The maximum Gasteiger partial charge on any atom is 0.132 e. The monoisotopic (exact) mass is 242 g/mol. The first kappa shape index (κ1) is 15.9. The molecule has 0 aromatic heterocycles. The number of rotatable bonds is 10. The van der Waals surface area contributed by atoms with Gasteiger partial charge in [-0.2, -0.15) is 0 Å². The predicted molar refractivity (Wildman–Crippen MR) is 75.8 cm³/mol. The van der Waals surface area contributed by atoms with Gasteiger partial charge < -0.3 is 0 Å². The number of hydrogen-bond donors (Lipinski definition) is 0. The van der Waals surface area contributed by atoms with E-state index in [0.717, 1.165) is 19.3 Å². The van der Waals surface area contributed by atoms with E-state index in [1.54, 1.807) is 0 Å². The average Bonchev–Trinajstić information content (AvgIpc) is 2.32. The molecule has 0 aromatic rings. The molecule has 0 amide bonds. The van der Waals surface area contributed by atoms with Crippen molar-refractivity contribution >= 4 is 13.9 Å². The normalized spacial score (nSPS) is 11.8. The Morgan fingerprint density at radius 3 is 1.88 bits per heavy atom. The summed E-state index contributed by atoms with van der Waals surface area (Å²) < 4.78 is 0. The molecule has 0 heterocycles. The van der Waals surface area contributed by atoms with Crippen LogP contribution in [0.1, 0.15) is 59.8 Å². The second-order valence-electron chi connectivity index (χ2n) is 5.06. The van der Waals surface area contributed by atoms with Crippen LogP contribution < -0.4 is 0 Å². The van der Waals surface area contributed by atoms with Crippen LogP contribution in [0, 0.1) is 0 Å². The number of carbonyl (C=O) groups excluding carboxylic acids is 1. The summed E-state index contributed by atoms with van der Waals surface area (Å²) in [5.74, 6) is 0.515. The van der Waals surface area contributed by atoms with E-state index in [1.807, 2.05) is 0 Å². The number of hydrogen-bond acceptors (Lipinski definition) is 1. The van der Waals surface area contributed by atoms with Crippen molar-refractivity contribution in [2.24, 2.45) is 0 Å². The molecule has 0 atom stereocenters. The smallest absolute Gasteiger partial charge is 0.132 e. The zero-order valence-corrected chi connectivity index (χ0v) is 12.8. The van der Waals surface area contributed by atoms with Crippen LogP contribution in [0.2, 0.25) is 24.2 Å². The van der Waals surface area contributed by atoms with E-state index >= 15 is 0 Å². The third kappa shape index (κ3) is 5.83. The first-order valence-corrected chi connectivity index (χ1v) is 9.98. The highest BCUT2D eigenvalue weighted by molar-refractivity contribution is 6.79. The zero-order chi connectivity index (χ0) is 12.4. The zero-order valence-electron chi connectivity index (χ0n) is 11.8. The van der Waals surface area contributed by atoms with Gasteiger partial charge in [-0.05, 0) is 6.42 Å². The molecule has 0 saturated heterocycles. The Kier molecular flexibility index (Phi) is 8.91. The van der Waals surface area contributed by atoms with Crippen LogP contribution in [0.4, 0.5) is 0 Å². The number of carbonyl (C=O) groups is 1. The van der Waals surface area contributed by atoms with Gasteiger partial charge in [-0.25, -0.2) is 0 Å². The van der Waals surface area contributed by atoms with E-state index < -0.39 is 8.07 Å². The molecular weight excluding hydrogens is 212 g/mol. The SMILES string of the molecule is CCCCCC(=O)CC[Si](CC)(CC)CC. The van der Waals surface area contributed by atoms with Crippen molar-refractivity contribution in [3.8, 4) is 0 Å². The molecule has 0 aromatic carbocycles. The van der Waals surface area contributed by atoms with Crippen LogP contribution >= 0.6 is 0 Å². The van der Waals surface area contributed by atoms with E-state index in [0.29, 0.717) is 5.78 Å². The molecule has 0 aliphatic rings. The lowest BCUT2D eigenvalue weighted by atomic mass is 10.1. The summed E-state index contributed by atoms with van der Waals surface area (Å²) in [7, 11) is -1.05. The molecule has 0 rings (SSSR count). The molecular formula is C14H30OSi. The van der Waals surface area contributed by atoms with Crippen LogP contribution in [-0.2, 0) is 4.79 Å². The van der Waals surface area contributed by atoms with Gasteiger partial charge in [-0.1, -0.05) is 64.7 Å². The molecule has 16 heavy (non-hydrogen) atoms. The summed E-state index contributed by atoms with van der Waals surface area (Å²) in [6.07, 6.45) is 5.23. The van der Waals surface area contributed by atoms with Crippen molar-refractivity contribution in [1.82, 2.24) is 0 Å². The van der Waals surface area contributed by atoms with Crippen molar-refractivity contribution in [1.29, 1.82) is 0 Å². The fourth-order valence-corrected chi connectivity index (χ4v) is 5.75. The second-order valence-corrected chi connectivity index (χ2v) is 10.7. The van der Waals surface area contributed by atoms with Crippen LogP contribution in [-0.4, -0.2) is 13.9 Å². The molecule has 0 radical (unpaired) electrons. The van der Waals surface area contributed by atoms with Crippen molar-refractivity contribution in [3.05, 3.63) is 0 Å². The minimum absolute atomic E-state index is 0.515. The van der Waals surface area contributed by atoms with Crippen molar-refractivity contribution in [2.45, 2.75) is 84.0 Å². The molecule has 2 heteroatoms. The number of ketones is 1. The van der Waals surface area contributed by atoms with Crippen LogP contribution in [0.3, 0.4) is 0 Å².